The van der Waals surface area contributed by atoms with Gasteiger partial charge in [0.1, 0.15) is 0 Å². The Kier molecular flexibility index (Phi) is 4.24. The number of nitrogens with zero attached hydrogens (tertiary/aromatic N) is 3. The molecule has 0 aliphatic heterocycles. The molecule has 4 nitrogen and oxygen atoms in total. The molecule has 0 aromatic carbocycles. The lowest BCUT2D eigenvalue weighted by Crippen LogP contribution is -2.39. The Morgan fingerprint density at radius 3 is 2.31 bits per heavy atom. The summed E-state index contributed by atoms with van der Waals surface area (Å²) in [5.41, 5.74) is 6.91. The fourth-order valence-electron chi connectivity index (χ4n) is 1.45. The van der Waals surface area contributed by atoms with Gasteiger partial charge in [-0.15, -0.1) is 0 Å². The summed E-state index contributed by atoms with van der Waals surface area (Å²) in [6.45, 7) is 10.8. The molecule has 0 saturated carbocycles. The molecule has 0 unspecified atom stereocenters. The van der Waals surface area contributed by atoms with Gasteiger partial charge in [0.05, 0.1) is 0 Å². The van der Waals surface area contributed by atoms with Gasteiger partial charge in [-0.05, 0) is 31.4 Å². The SMILES string of the molecule is CCN(CC(C)(C)CN)c1ncc(C)cn1. The van der Waals surface area contributed by atoms with Crippen molar-refractivity contribution in [2.75, 3.05) is 24.5 Å². The topological polar surface area (TPSA) is 55.0 Å². The van der Waals surface area contributed by atoms with Crippen LogP contribution >= 0.6 is 0 Å². The fraction of sp³-hybridized carbons (Fsp3) is 0.667. The molecule has 0 aliphatic rings. The van der Waals surface area contributed by atoms with E-state index in [2.05, 4.69) is 35.6 Å². The molecule has 0 bridgehead atoms. The molecule has 2 N–H and O–H groups in total. The second-order valence-corrected chi connectivity index (χ2v) is 4.94. The summed E-state index contributed by atoms with van der Waals surface area (Å²) in [5.74, 6) is 0.787. The molecule has 4 heteroatoms. The maximum absolute atomic E-state index is 5.74. The van der Waals surface area contributed by atoms with Crippen molar-refractivity contribution in [1.29, 1.82) is 0 Å². The van der Waals surface area contributed by atoms with Gasteiger partial charge in [0.15, 0.2) is 0 Å². The van der Waals surface area contributed by atoms with Crippen LogP contribution in [0, 0.1) is 12.3 Å². The van der Waals surface area contributed by atoms with Gasteiger partial charge in [0.2, 0.25) is 5.95 Å². The van der Waals surface area contributed by atoms with Gasteiger partial charge in [0.25, 0.3) is 0 Å². The Labute approximate surface area is 97.9 Å². The van der Waals surface area contributed by atoms with Crippen LogP contribution in [0.1, 0.15) is 26.3 Å². The van der Waals surface area contributed by atoms with E-state index in [0.29, 0.717) is 6.54 Å². The number of aromatic nitrogens is 2. The summed E-state index contributed by atoms with van der Waals surface area (Å²) in [5, 5.41) is 0. The Morgan fingerprint density at radius 1 is 1.31 bits per heavy atom. The number of rotatable bonds is 5. The number of nitrogens with two attached hydrogens (primary N) is 1. The van der Waals surface area contributed by atoms with Crippen LogP contribution in [0.3, 0.4) is 0 Å². The quantitative estimate of drug-likeness (QED) is 0.822. The third-order valence-electron chi connectivity index (χ3n) is 2.60. The zero-order chi connectivity index (χ0) is 12.2. The molecule has 1 rings (SSSR count). The van der Waals surface area contributed by atoms with Crippen LogP contribution < -0.4 is 10.6 Å². The summed E-state index contributed by atoms with van der Waals surface area (Å²) in [4.78, 5) is 10.8. The predicted octanol–water partition coefficient (Wildman–Crippen LogP) is 1.60. The molecular formula is C12H22N4. The Hall–Kier alpha value is -1.16. The van der Waals surface area contributed by atoms with E-state index in [4.69, 9.17) is 5.73 Å². The molecule has 0 saturated heterocycles. The van der Waals surface area contributed by atoms with Crippen molar-refractivity contribution >= 4 is 5.95 Å². The monoisotopic (exact) mass is 222 g/mol. The minimum Gasteiger partial charge on any atom is -0.341 e. The van der Waals surface area contributed by atoms with Crippen LogP contribution in [0.15, 0.2) is 12.4 Å². The first-order valence-corrected chi connectivity index (χ1v) is 5.72. The first-order valence-electron chi connectivity index (χ1n) is 5.72. The molecule has 0 fully saturated rings. The Bertz CT molecular complexity index is 318. The number of hydrogen-bond acceptors (Lipinski definition) is 4. The van der Waals surface area contributed by atoms with Gasteiger partial charge in [-0.25, -0.2) is 9.97 Å². The molecule has 0 amide bonds. The molecule has 1 aromatic heterocycles. The first kappa shape index (κ1) is 12.9. The predicted molar refractivity (Wildman–Crippen MR) is 67.5 cm³/mol. The highest BCUT2D eigenvalue weighted by molar-refractivity contribution is 5.29. The van der Waals surface area contributed by atoms with Crippen LogP contribution in [0.2, 0.25) is 0 Å². The van der Waals surface area contributed by atoms with Gasteiger partial charge in [-0.2, -0.15) is 0 Å². The molecule has 1 aromatic rings. The molecule has 1 heterocycles. The molecular weight excluding hydrogens is 200 g/mol. The highest BCUT2D eigenvalue weighted by atomic mass is 15.2. The van der Waals surface area contributed by atoms with Gasteiger partial charge in [-0.1, -0.05) is 13.8 Å². The van der Waals surface area contributed by atoms with Crippen molar-refractivity contribution in [1.82, 2.24) is 9.97 Å². The summed E-state index contributed by atoms with van der Waals surface area (Å²) in [7, 11) is 0. The Morgan fingerprint density at radius 2 is 1.88 bits per heavy atom. The summed E-state index contributed by atoms with van der Waals surface area (Å²) in [6, 6.07) is 0. The van der Waals surface area contributed by atoms with Crippen molar-refractivity contribution < 1.29 is 0 Å². The lowest BCUT2D eigenvalue weighted by Gasteiger charge is -2.31. The third-order valence-corrected chi connectivity index (χ3v) is 2.60. The highest BCUT2D eigenvalue weighted by Gasteiger charge is 2.20. The zero-order valence-corrected chi connectivity index (χ0v) is 10.7. The van der Waals surface area contributed by atoms with Crippen molar-refractivity contribution in [3.63, 3.8) is 0 Å². The van der Waals surface area contributed by atoms with Crippen LogP contribution in [0.5, 0.6) is 0 Å². The van der Waals surface area contributed by atoms with Crippen LogP contribution in [0.25, 0.3) is 0 Å². The van der Waals surface area contributed by atoms with Crippen molar-refractivity contribution in [2.45, 2.75) is 27.7 Å². The molecule has 90 valence electrons. The lowest BCUT2D eigenvalue weighted by molar-refractivity contribution is 0.377. The van der Waals surface area contributed by atoms with E-state index in [1.54, 1.807) is 0 Å². The largest absolute Gasteiger partial charge is 0.341 e. The van der Waals surface area contributed by atoms with E-state index in [1.807, 2.05) is 19.3 Å². The van der Waals surface area contributed by atoms with E-state index in [9.17, 15) is 0 Å². The number of anilines is 1. The smallest absolute Gasteiger partial charge is 0.225 e. The molecule has 0 spiro atoms. The van der Waals surface area contributed by atoms with Gasteiger partial charge >= 0.3 is 0 Å². The second-order valence-electron chi connectivity index (χ2n) is 4.94. The van der Waals surface area contributed by atoms with Gasteiger partial charge in [0, 0.05) is 25.5 Å². The minimum absolute atomic E-state index is 0.0876. The van der Waals surface area contributed by atoms with Crippen LogP contribution in [-0.2, 0) is 0 Å². The third kappa shape index (κ3) is 3.45. The first-order chi connectivity index (χ1) is 7.48. The molecule has 0 atom stereocenters. The average Bonchev–Trinajstić information content (AvgIpc) is 2.27. The maximum atomic E-state index is 5.74. The summed E-state index contributed by atoms with van der Waals surface area (Å²) >= 11 is 0. The van der Waals surface area contributed by atoms with E-state index in [1.165, 1.54) is 0 Å². The van der Waals surface area contributed by atoms with Crippen molar-refractivity contribution in [3.8, 4) is 0 Å². The van der Waals surface area contributed by atoms with E-state index < -0.39 is 0 Å². The van der Waals surface area contributed by atoms with E-state index in [-0.39, 0.29) is 5.41 Å². The van der Waals surface area contributed by atoms with Crippen molar-refractivity contribution in [2.24, 2.45) is 11.1 Å². The number of aryl methyl sites for hydroxylation is 1. The van der Waals surface area contributed by atoms with Crippen LogP contribution in [-0.4, -0.2) is 29.6 Å². The average molecular weight is 222 g/mol. The molecule has 0 radical (unpaired) electrons. The number of hydrogen-bond donors (Lipinski definition) is 1. The highest BCUT2D eigenvalue weighted by Crippen LogP contribution is 2.17. The van der Waals surface area contributed by atoms with E-state index in [0.717, 1.165) is 24.6 Å². The van der Waals surface area contributed by atoms with Crippen molar-refractivity contribution in [3.05, 3.63) is 18.0 Å². The normalized spacial score (nSPS) is 11.6. The standard InChI is InChI=1S/C12H22N4/c1-5-16(9-12(3,4)8-13)11-14-6-10(2)7-15-11/h6-7H,5,8-9,13H2,1-4H3. The summed E-state index contributed by atoms with van der Waals surface area (Å²) in [6.07, 6.45) is 3.70. The molecule has 16 heavy (non-hydrogen) atoms. The van der Waals surface area contributed by atoms with Gasteiger partial charge in [-0.3, -0.25) is 0 Å². The lowest BCUT2D eigenvalue weighted by atomic mass is 9.93. The second kappa shape index (κ2) is 5.25. The maximum Gasteiger partial charge on any atom is 0.225 e. The zero-order valence-electron chi connectivity index (χ0n) is 10.7. The van der Waals surface area contributed by atoms with Crippen LogP contribution in [0.4, 0.5) is 5.95 Å². The fourth-order valence-corrected chi connectivity index (χ4v) is 1.45. The van der Waals surface area contributed by atoms with Gasteiger partial charge < -0.3 is 10.6 Å². The molecule has 0 aliphatic carbocycles. The van der Waals surface area contributed by atoms with E-state index >= 15 is 0 Å². The summed E-state index contributed by atoms with van der Waals surface area (Å²) < 4.78 is 0. The minimum atomic E-state index is 0.0876. The Balaban J connectivity index is 2.78.